The van der Waals surface area contributed by atoms with Gasteiger partial charge < -0.3 is 30.1 Å². The molecule has 55 heavy (non-hydrogen) atoms. The highest BCUT2D eigenvalue weighted by Crippen LogP contribution is 2.32. The lowest BCUT2D eigenvalue weighted by Crippen LogP contribution is -2.50. The number of carbonyl (C=O) groups is 6. The number of methoxy groups -OCH3 is 1. The quantitative estimate of drug-likeness (QED) is 0.0617. The van der Waals surface area contributed by atoms with Crippen LogP contribution in [0.2, 0.25) is 0 Å². The monoisotopic (exact) mass is 829 g/mol. The fourth-order valence-corrected chi connectivity index (χ4v) is 7.81. The van der Waals surface area contributed by atoms with Gasteiger partial charge in [0.15, 0.2) is 0 Å². The predicted octanol–water partition coefficient (Wildman–Crippen LogP) is -4.20. The molecule has 0 aromatic heterocycles. The molecule has 6 rings (SSSR count). The molecule has 0 saturated carbocycles. The summed E-state index contributed by atoms with van der Waals surface area (Å²) in [7, 11) is -5.11. The van der Waals surface area contributed by atoms with Gasteiger partial charge in [0.2, 0.25) is 5.91 Å². The van der Waals surface area contributed by atoms with Gasteiger partial charge in [-0.15, -0.1) is 8.57 Å². The second kappa shape index (κ2) is 17.0. The zero-order chi connectivity index (χ0) is 40.4. The van der Waals surface area contributed by atoms with Gasteiger partial charge in [-0.2, -0.15) is 27.0 Å². The molecule has 26 nitrogen and oxygen atoms in total. The Balaban J connectivity index is 0.000000211. The van der Waals surface area contributed by atoms with E-state index in [1.54, 1.807) is 14.1 Å². The van der Waals surface area contributed by atoms with Crippen LogP contribution >= 0.6 is 0 Å². The number of esters is 1. The molecule has 0 aromatic carbocycles. The van der Waals surface area contributed by atoms with Crippen molar-refractivity contribution in [1.29, 1.82) is 0 Å². The number of piperidine rings is 2. The van der Waals surface area contributed by atoms with Crippen molar-refractivity contribution in [2.24, 2.45) is 0 Å². The van der Waals surface area contributed by atoms with E-state index < -0.39 is 99.1 Å². The fraction of sp³-hybridized carbons (Fsp3) is 0.778. The molecule has 0 spiro atoms. The summed E-state index contributed by atoms with van der Waals surface area (Å²) in [6.45, 7) is 0.903. The normalized spacial score (nSPS) is 30.2. The van der Waals surface area contributed by atoms with Crippen LogP contribution in [0, 0.1) is 0 Å². The number of rotatable bonds is 12. The number of likely N-dealkylation sites (N-methyl/N-ethyl adjacent to an activating group) is 1. The highest BCUT2D eigenvalue weighted by Gasteiger charge is 2.51. The van der Waals surface area contributed by atoms with Crippen LogP contribution in [0.3, 0.4) is 0 Å². The number of nitrogens with one attached hydrogen (secondary N) is 4. The summed E-state index contributed by atoms with van der Waals surface area (Å²) in [5.74, 6) is -1.63. The molecule has 6 heterocycles. The van der Waals surface area contributed by atoms with Gasteiger partial charge in [-0.25, -0.2) is 20.5 Å². The van der Waals surface area contributed by atoms with E-state index in [2.05, 4.69) is 34.9 Å². The Morgan fingerprint density at radius 3 is 1.55 bits per heavy atom. The minimum Gasteiger partial charge on any atom is -0.468 e. The van der Waals surface area contributed by atoms with Crippen LogP contribution in [0.25, 0.3) is 0 Å². The van der Waals surface area contributed by atoms with Gasteiger partial charge >= 0.3 is 38.8 Å². The van der Waals surface area contributed by atoms with Crippen molar-refractivity contribution in [1.82, 2.24) is 46.4 Å². The summed E-state index contributed by atoms with van der Waals surface area (Å²) < 4.78 is 74.3. The van der Waals surface area contributed by atoms with Crippen molar-refractivity contribution in [2.75, 3.05) is 47.4 Å². The Labute approximate surface area is 314 Å². The highest BCUT2D eigenvalue weighted by atomic mass is 32.3. The van der Waals surface area contributed by atoms with Crippen molar-refractivity contribution >= 4 is 56.6 Å². The molecule has 8 atom stereocenters. The molecule has 6 aliphatic heterocycles. The lowest BCUT2D eigenvalue weighted by molar-refractivity contribution is -0.145. The number of hydrogen-bond donors (Lipinski definition) is 6. The Bertz CT molecular complexity index is 1740. The van der Waals surface area contributed by atoms with Crippen molar-refractivity contribution in [3.63, 3.8) is 0 Å². The first kappa shape index (κ1) is 42.1. The summed E-state index contributed by atoms with van der Waals surface area (Å²) in [6, 6.07) is -5.43. The smallest absolute Gasteiger partial charge is 0.418 e. The number of hydrogen-bond acceptors (Lipinski definition) is 17. The van der Waals surface area contributed by atoms with Crippen LogP contribution in [0.5, 0.6) is 0 Å². The van der Waals surface area contributed by atoms with Crippen LogP contribution in [0.15, 0.2) is 0 Å². The first-order valence-corrected chi connectivity index (χ1v) is 19.7. The molecule has 0 aromatic rings. The molecule has 4 bridgehead atoms. The maximum absolute atomic E-state index is 12.5. The third-order valence-corrected chi connectivity index (χ3v) is 10.4. The minimum atomic E-state index is -4.84. The lowest BCUT2D eigenvalue weighted by atomic mass is 10.0. The van der Waals surface area contributed by atoms with E-state index in [4.69, 9.17) is 18.8 Å². The van der Waals surface area contributed by atoms with Gasteiger partial charge in [-0.05, 0) is 25.7 Å². The van der Waals surface area contributed by atoms with Gasteiger partial charge in [0, 0.05) is 53.1 Å². The largest absolute Gasteiger partial charge is 0.468 e. The number of nitrogens with zero attached hydrogens (tertiary/aromatic N) is 5. The summed E-state index contributed by atoms with van der Waals surface area (Å²) in [4.78, 5) is 87.2. The molecule has 28 heteroatoms. The highest BCUT2D eigenvalue weighted by molar-refractivity contribution is 7.81. The Morgan fingerprint density at radius 2 is 1.15 bits per heavy atom. The molecule has 7 amide bonds. The molecule has 0 aliphatic carbocycles. The third kappa shape index (κ3) is 10.3. The summed E-state index contributed by atoms with van der Waals surface area (Å²) >= 11 is 0. The van der Waals surface area contributed by atoms with Gasteiger partial charge in [0.1, 0.15) is 18.1 Å². The van der Waals surface area contributed by atoms with Crippen molar-refractivity contribution in [3.8, 4) is 0 Å². The Kier molecular flexibility index (Phi) is 13.0. The first-order valence-electron chi connectivity index (χ1n) is 17.0. The van der Waals surface area contributed by atoms with Gasteiger partial charge in [-0.1, -0.05) is 0 Å². The second-order valence-electron chi connectivity index (χ2n) is 13.6. The molecule has 310 valence electrons. The van der Waals surface area contributed by atoms with E-state index in [1.807, 2.05) is 0 Å². The SMILES string of the molecule is CN(C)C(=O)C1CC(ONC(=O)[C@@H]2CC[C@@H]3CN2C(=O)N3OS(=O)(=O)O)CN1.COC(=O)C1CC(ONC(=O)[C@@H]2CC[C@@H]3CN2C(=O)N3OS(=O)(=O)O)CN1. The third-order valence-electron chi connectivity index (χ3n) is 9.66. The number of urea groups is 2. The van der Waals surface area contributed by atoms with E-state index in [0.717, 1.165) is 4.90 Å². The molecular weight excluding hydrogens is 786 g/mol. The van der Waals surface area contributed by atoms with E-state index >= 15 is 0 Å². The topological polar surface area (TPSA) is 322 Å². The first-order chi connectivity index (χ1) is 25.8. The molecule has 0 radical (unpaired) electrons. The Hall–Kier alpha value is -4.00. The van der Waals surface area contributed by atoms with Crippen molar-refractivity contribution < 1.29 is 77.7 Å². The van der Waals surface area contributed by atoms with E-state index in [0.29, 0.717) is 48.9 Å². The van der Waals surface area contributed by atoms with Crippen LogP contribution in [-0.4, -0.2) is 182 Å². The second-order valence-corrected chi connectivity index (χ2v) is 15.6. The molecule has 6 N–H and O–H groups in total. The van der Waals surface area contributed by atoms with Crippen LogP contribution in [-0.2, 0) is 63.0 Å². The maximum atomic E-state index is 12.5. The molecule has 6 fully saturated rings. The van der Waals surface area contributed by atoms with Crippen LogP contribution < -0.4 is 21.6 Å². The van der Waals surface area contributed by atoms with Crippen LogP contribution in [0.1, 0.15) is 38.5 Å². The molecule has 6 aliphatic rings. The van der Waals surface area contributed by atoms with Gasteiger partial charge in [0.25, 0.3) is 11.8 Å². The van der Waals surface area contributed by atoms with E-state index in [9.17, 15) is 45.6 Å². The molecule has 4 unspecified atom stereocenters. The van der Waals surface area contributed by atoms with Crippen molar-refractivity contribution in [3.05, 3.63) is 0 Å². The minimum absolute atomic E-state index is 0.0852. The lowest BCUT2D eigenvalue weighted by Gasteiger charge is -2.29. The van der Waals surface area contributed by atoms with Gasteiger partial charge in [0.05, 0.1) is 37.4 Å². The molecular formula is C27H43N9O17S2. The van der Waals surface area contributed by atoms with E-state index in [1.165, 1.54) is 16.9 Å². The zero-order valence-electron chi connectivity index (χ0n) is 29.8. The number of carbonyl (C=O) groups excluding carboxylic acids is 6. The van der Waals surface area contributed by atoms with E-state index in [-0.39, 0.29) is 31.8 Å². The average Bonchev–Trinajstić information content (AvgIpc) is 3.90. The summed E-state index contributed by atoms with van der Waals surface area (Å²) in [5.41, 5.74) is 4.61. The van der Waals surface area contributed by atoms with Crippen molar-refractivity contribution in [2.45, 2.75) is 87.0 Å². The predicted molar refractivity (Wildman–Crippen MR) is 176 cm³/mol. The summed E-state index contributed by atoms with van der Waals surface area (Å²) in [5, 5.41) is 7.05. The average molecular weight is 830 g/mol. The zero-order valence-corrected chi connectivity index (χ0v) is 31.4. The number of fused-ring (bicyclic) bond motifs is 4. The number of amides is 7. The standard InChI is InChI=1S/C14H23N5O8S.C13H20N4O9S/c1-17(2)13(21)10-5-9(6-15-10)26-16-12(20)11-4-3-8-7-18(11)14(22)19(8)27-28(23,24)25;1-24-12(19)9-4-8(5-14-9)25-15-11(18)10-3-2-7-6-16(10)13(20)17(7)26-27(21,22)23/h8-11,15H,3-7H2,1-2H3,(H,16,20)(H,23,24,25);7-10,14H,2-6H2,1H3,(H,15,18)(H,21,22,23)/t8-,9?,10?,11+;7-,8?,9?,10+/m11/s1. The molecule has 6 saturated heterocycles. The fourth-order valence-electron chi connectivity index (χ4n) is 7.03. The number of ether oxygens (including phenoxy) is 1. The van der Waals surface area contributed by atoms with Crippen LogP contribution in [0.4, 0.5) is 9.59 Å². The van der Waals surface area contributed by atoms with Gasteiger partial charge in [-0.3, -0.25) is 38.0 Å². The maximum Gasteiger partial charge on any atom is 0.418 e. The number of hydroxylamine groups is 6. The Morgan fingerprint density at radius 1 is 0.727 bits per heavy atom. The summed E-state index contributed by atoms with van der Waals surface area (Å²) in [6.07, 6.45) is 1.05.